The Morgan fingerprint density at radius 1 is 1.10 bits per heavy atom. The summed E-state index contributed by atoms with van der Waals surface area (Å²) < 4.78 is 0. The van der Waals surface area contributed by atoms with Gasteiger partial charge in [-0.3, -0.25) is 9.59 Å². The van der Waals surface area contributed by atoms with E-state index in [2.05, 4.69) is 4.98 Å². The third kappa shape index (κ3) is 2.04. The van der Waals surface area contributed by atoms with Gasteiger partial charge in [0.05, 0.1) is 16.1 Å². The highest BCUT2D eigenvalue weighted by molar-refractivity contribution is 7.19. The van der Waals surface area contributed by atoms with Crippen molar-refractivity contribution in [1.29, 1.82) is 0 Å². The number of nitrogens with zero attached hydrogens (tertiary/aromatic N) is 2. The third-order valence-corrected chi connectivity index (χ3v) is 4.40. The van der Waals surface area contributed by atoms with Crippen LogP contribution in [0.2, 0.25) is 0 Å². The summed E-state index contributed by atoms with van der Waals surface area (Å²) in [5, 5.41) is 10.4. The molecule has 1 N–H and O–H groups in total. The van der Waals surface area contributed by atoms with E-state index >= 15 is 0 Å². The van der Waals surface area contributed by atoms with Gasteiger partial charge in [0.1, 0.15) is 0 Å². The Kier molecular flexibility index (Phi) is 3.10. The van der Waals surface area contributed by atoms with E-state index in [1.165, 1.54) is 11.3 Å². The fourth-order valence-corrected chi connectivity index (χ4v) is 3.11. The number of anilines is 1. The Morgan fingerprint density at radius 2 is 1.76 bits per heavy atom. The summed E-state index contributed by atoms with van der Waals surface area (Å²) >= 11 is 1.28. The van der Waals surface area contributed by atoms with Crippen molar-refractivity contribution in [2.24, 2.45) is 0 Å². The zero-order valence-corrected chi connectivity index (χ0v) is 12.3. The molecule has 3 aromatic rings. The highest BCUT2D eigenvalue weighted by atomic mass is 32.1. The van der Waals surface area contributed by atoms with Crippen LogP contribution >= 0.6 is 11.3 Å². The van der Waals surface area contributed by atoms with E-state index < -0.39 is 16.6 Å². The number of hydrogen-bond acceptors (Lipinski definition) is 6. The fraction of sp³-hybridized carbons (Fsp3) is 0.133. The zero-order chi connectivity index (χ0) is 15.1. The monoisotopic (exact) mass is 300 g/mol. The molecule has 0 aliphatic heterocycles. The molecular weight excluding hydrogens is 288 g/mol. The highest BCUT2D eigenvalue weighted by Crippen LogP contribution is 2.41. The van der Waals surface area contributed by atoms with E-state index in [0.717, 1.165) is 5.56 Å². The quantitative estimate of drug-likeness (QED) is 0.747. The van der Waals surface area contributed by atoms with Crippen molar-refractivity contribution in [2.45, 2.75) is 0 Å². The summed E-state index contributed by atoms with van der Waals surface area (Å²) in [7, 11) is 3.69. The summed E-state index contributed by atoms with van der Waals surface area (Å²) in [6.07, 6.45) is 0. The first kappa shape index (κ1) is 13.5. The lowest BCUT2D eigenvalue weighted by Gasteiger charge is -2.05. The van der Waals surface area contributed by atoms with Gasteiger partial charge >= 0.3 is 0 Å². The van der Waals surface area contributed by atoms with Gasteiger partial charge < -0.3 is 10.0 Å². The van der Waals surface area contributed by atoms with Gasteiger partial charge in [-0.25, -0.2) is 4.98 Å². The van der Waals surface area contributed by atoms with Gasteiger partial charge in [0.25, 0.3) is 5.43 Å². The van der Waals surface area contributed by atoms with Gasteiger partial charge in [0.15, 0.2) is 10.9 Å². The number of benzene rings is 1. The van der Waals surface area contributed by atoms with E-state index in [0.29, 0.717) is 15.7 Å². The Balaban J connectivity index is 2.25. The molecule has 0 saturated carbocycles. The van der Waals surface area contributed by atoms with Crippen molar-refractivity contribution in [3.05, 3.63) is 50.8 Å². The standard InChI is InChI=1S/C15H12N2O3S/c1-17(2)15-16-10(8-6-4-3-5-7-8)14(21-15)9-11(18)13(20)12(9)19/h3-7,18H,1-2H3. The number of thiazole rings is 1. The third-order valence-electron chi connectivity index (χ3n) is 3.16. The number of hydrogen-bond donors (Lipinski definition) is 1. The van der Waals surface area contributed by atoms with Crippen molar-refractivity contribution in [3.8, 4) is 27.4 Å². The molecule has 106 valence electrons. The molecule has 21 heavy (non-hydrogen) atoms. The highest BCUT2D eigenvalue weighted by Gasteiger charge is 2.27. The van der Waals surface area contributed by atoms with Gasteiger partial charge in [-0.15, -0.1) is 0 Å². The molecule has 0 radical (unpaired) electrons. The van der Waals surface area contributed by atoms with Gasteiger partial charge in [0, 0.05) is 19.7 Å². The number of rotatable bonds is 3. The van der Waals surface area contributed by atoms with Gasteiger partial charge in [0.2, 0.25) is 5.43 Å². The van der Waals surface area contributed by atoms with Crippen LogP contribution < -0.4 is 15.8 Å². The van der Waals surface area contributed by atoms with Crippen LogP contribution in [0.25, 0.3) is 21.7 Å². The minimum Gasteiger partial charge on any atom is -0.503 e. The summed E-state index contributed by atoms with van der Waals surface area (Å²) in [5.41, 5.74) is 0.0305. The number of aromatic hydroxyl groups is 1. The summed E-state index contributed by atoms with van der Waals surface area (Å²) in [4.78, 5) is 29.9. The van der Waals surface area contributed by atoms with E-state index in [1.54, 1.807) is 0 Å². The molecule has 0 unspecified atom stereocenters. The minimum atomic E-state index is -0.830. The largest absolute Gasteiger partial charge is 0.503 e. The molecule has 1 heterocycles. The molecule has 0 amide bonds. The SMILES string of the molecule is CN(C)c1nc(-c2ccccc2)c(-c2c(O)c(=O)c2=O)s1. The second kappa shape index (κ2) is 4.82. The molecule has 0 spiro atoms. The van der Waals surface area contributed by atoms with E-state index in [9.17, 15) is 14.7 Å². The Hall–Kier alpha value is -2.47. The van der Waals surface area contributed by atoms with Gasteiger partial charge in [-0.05, 0) is 0 Å². The zero-order valence-electron chi connectivity index (χ0n) is 11.5. The van der Waals surface area contributed by atoms with E-state index in [-0.39, 0.29) is 5.56 Å². The molecule has 6 heteroatoms. The average Bonchev–Trinajstić information content (AvgIpc) is 2.93. The summed E-state index contributed by atoms with van der Waals surface area (Å²) in [6, 6.07) is 9.38. The van der Waals surface area contributed by atoms with Crippen LogP contribution in [0.1, 0.15) is 0 Å². The van der Waals surface area contributed by atoms with Crippen LogP contribution in [0.3, 0.4) is 0 Å². The average molecular weight is 300 g/mol. The molecular formula is C15H12N2O3S. The van der Waals surface area contributed by atoms with Crippen molar-refractivity contribution >= 4 is 16.5 Å². The van der Waals surface area contributed by atoms with Crippen molar-refractivity contribution in [1.82, 2.24) is 4.98 Å². The predicted octanol–water partition coefficient (Wildman–Crippen LogP) is 1.84. The molecule has 0 bridgehead atoms. The topological polar surface area (TPSA) is 70.5 Å². The fourth-order valence-electron chi connectivity index (χ4n) is 2.05. The maximum absolute atomic E-state index is 11.7. The molecule has 0 saturated heterocycles. The Bertz CT molecular complexity index is 874. The first-order valence-corrected chi connectivity index (χ1v) is 7.08. The van der Waals surface area contributed by atoms with Crippen LogP contribution in [0.15, 0.2) is 39.9 Å². The van der Waals surface area contributed by atoms with Crippen molar-refractivity contribution < 1.29 is 5.11 Å². The lowest BCUT2D eigenvalue weighted by atomic mass is 10.0. The lowest BCUT2D eigenvalue weighted by molar-refractivity contribution is 0.466. The number of aromatic nitrogens is 1. The summed E-state index contributed by atoms with van der Waals surface area (Å²) in [5.74, 6) is -0.467. The Morgan fingerprint density at radius 3 is 2.33 bits per heavy atom. The van der Waals surface area contributed by atoms with Crippen molar-refractivity contribution in [2.75, 3.05) is 19.0 Å². The van der Waals surface area contributed by atoms with Crippen molar-refractivity contribution in [3.63, 3.8) is 0 Å². The molecule has 0 aliphatic carbocycles. The minimum absolute atomic E-state index is 0.0736. The maximum Gasteiger partial charge on any atom is 0.268 e. The van der Waals surface area contributed by atoms with Crippen LogP contribution in [0.4, 0.5) is 5.13 Å². The van der Waals surface area contributed by atoms with Crippen LogP contribution in [0.5, 0.6) is 5.75 Å². The second-order valence-electron chi connectivity index (χ2n) is 4.82. The van der Waals surface area contributed by atoms with Crippen LogP contribution in [-0.4, -0.2) is 24.2 Å². The first-order valence-electron chi connectivity index (χ1n) is 6.27. The van der Waals surface area contributed by atoms with E-state index in [4.69, 9.17) is 0 Å². The van der Waals surface area contributed by atoms with Crippen LogP contribution in [0, 0.1) is 0 Å². The lowest BCUT2D eigenvalue weighted by Crippen LogP contribution is -2.31. The maximum atomic E-state index is 11.7. The molecule has 0 atom stereocenters. The van der Waals surface area contributed by atoms with Gasteiger partial charge in [-0.1, -0.05) is 41.7 Å². The molecule has 3 rings (SSSR count). The second-order valence-corrected chi connectivity index (χ2v) is 5.79. The molecule has 2 aromatic carbocycles. The molecule has 0 fully saturated rings. The molecule has 1 aromatic heterocycles. The molecule has 5 nitrogen and oxygen atoms in total. The first-order chi connectivity index (χ1) is 10.0. The smallest absolute Gasteiger partial charge is 0.268 e. The Labute approximate surface area is 124 Å². The summed E-state index contributed by atoms with van der Waals surface area (Å²) in [6.45, 7) is 0. The van der Waals surface area contributed by atoms with E-state index in [1.807, 2.05) is 49.3 Å². The van der Waals surface area contributed by atoms with Crippen LogP contribution in [-0.2, 0) is 0 Å². The predicted molar refractivity (Wildman–Crippen MR) is 83.9 cm³/mol. The normalized spacial score (nSPS) is 11.0. The van der Waals surface area contributed by atoms with Gasteiger partial charge in [-0.2, -0.15) is 0 Å². The molecule has 0 aliphatic rings.